The van der Waals surface area contributed by atoms with Gasteiger partial charge in [-0.1, -0.05) is 30.3 Å². The Balaban J connectivity index is 1.23. The molecule has 0 unspecified atom stereocenters. The van der Waals surface area contributed by atoms with E-state index >= 15 is 0 Å². The molecule has 0 bridgehead atoms. The van der Waals surface area contributed by atoms with Crippen LogP contribution in [0.4, 0.5) is 11.4 Å². The second kappa shape index (κ2) is 11.9. The molecule has 1 aliphatic heterocycles. The summed E-state index contributed by atoms with van der Waals surface area (Å²) in [7, 11) is 1.55. The minimum absolute atomic E-state index is 0.0160. The second-order valence-corrected chi connectivity index (χ2v) is 8.48. The molecule has 3 aromatic carbocycles. The molecule has 1 saturated heterocycles. The minimum Gasteiger partial charge on any atom is -0.495 e. The van der Waals surface area contributed by atoms with Crippen molar-refractivity contribution in [2.75, 3.05) is 37.4 Å². The van der Waals surface area contributed by atoms with E-state index in [4.69, 9.17) is 9.47 Å². The van der Waals surface area contributed by atoms with Crippen LogP contribution in [-0.4, -0.2) is 49.4 Å². The van der Waals surface area contributed by atoms with E-state index in [1.165, 1.54) is 0 Å². The van der Waals surface area contributed by atoms with Crippen molar-refractivity contribution in [2.45, 2.75) is 12.8 Å². The van der Waals surface area contributed by atoms with E-state index < -0.39 is 0 Å². The number of para-hydroxylation sites is 3. The minimum atomic E-state index is -0.273. The van der Waals surface area contributed by atoms with Gasteiger partial charge in [0.2, 0.25) is 5.91 Å². The van der Waals surface area contributed by atoms with Gasteiger partial charge in [-0.2, -0.15) is 0 Å². The number of nitrogens with one attached hydrogen (secondary N) is 2. The lowest BCUT2D eigenvalue weighted by Crippen LogP contribution is -2.43. The van der Waals surface area contributed by atoms with Crippen LogP contribution in [0.3, 0.4) is 0 Å². The predicted octanol–water partition coefficient (Wildman–Crippen LogP) is 4.20. The largest absolute Gasteiger partial charge is 0.495 e. The van der Waals surface area contributed by atoms with Crippen molar-refractivity contribution in [3.8, 4) is 11.5 Å². The predicted molar refractivity (Wildman–Crippen MR) is 137 cm³/mol. The van der Waals surface area contributed by atoms with Crippen LogP contribution in [0.1, 0.15) is 23.2 Å². The molecule has 3 aromatic rings. The molecule has 1 fully saturated rings. The van der Waals surface area contributed by atoms with Crippen LogP contribution in [0.25, 0.3) is 0 Å². The standard InChI is InChI=1S/C28H29N3O5/c1-35-25-10-6-5-9-24(25)30-28(34)20-11-13-22(14-12-20)29-27(33)21-15-17-31(18-16-21)26(32)19-36-23-7-3-2-4-8-23/h2-14,21H,15-19H2,1H3,(H,29,33)(H,30,34). The number of piperidine rings is 1. The highest BCUT2D eigenvalue weighted by Crippen LogP contribution is 2.24. The molecule has 8 nitrogen and oxygen atoms in total. The highest BCUT2D eigenvalue weighted by Gasteiger charge is 2.27. The van der Waals surface area contributed by atoms with Crippen molar-refractivity contribution in [3.63, 3.8) is 0 Å². The molecule has 0 radical (unpaired) electrons. The monoisotopic (exact) mass is 487 g/mol. The zero-order valence-corrected chi connectivity index (χ0v) is 20.1. The Morgan fingerprint density at radius 2 is 1.53 bits per heavy atom. The van der Waals surface area contributed by atoms with E-state index in [2.05, 4.69) is 10.6 Å². The topological polar surface area (TPSA) is 97.0 Å². The summed E-state index contributed by atoms with van der Waals surface area (Å²) < 4.78 is 10.8. The quantitative estimate of drug-likeness (QED) is 0.496. The molecule has 1 heterocycles. The normalized spacial score (nSPS) is 13.5. The van der Waals surface area contributed by atoms with Crippen LogP contribution in [-0.2, 0) is 9.59 Å². The van der Waals surface area contributed by atoms with Crippen molar-refractivity contribution in [1.29, 1.82) is 0 Å². The summed E-state index contributed by atoms with van der Waals surface area (Å²) >= 11 is 0. The first-order chi connectivity index (χ1) is 17.5. The maximum absolute atomic E-state index is 12.8. The van der Waals surface area contributed by atoms with Gasteiger partial charge in [0.15, 0.2) is 6.61 Å². The number of amides is 3. The molecule has 0 aliphatic carbocycles. The first kappa shape index (κ1) is 24.8. The van der Waals surface area contributed by atoms with Gasteiger partial charge in [-0.05, 0) is 61.4 Å². The van der Waals surface area contributed by atoms with E-state index in [1.807, 2.05) is 42.5 Å². The Kier molecular flexibility index (Phi) is 8.18. The molecule has 8 heteroatoms. The third kappa shape index (κ3) is 6.41. The maximum Gasteiger partial charge on any atom is 0.260 e. The van der Waals surface area contributed by atoms with Crippen LogP contribution in [0.2, 0.25) is 0 Å². The summed E-state index contributed by atoms with van der Waals surface area (Å²) in [5.41, 5.74) is 1.66. The van der Waals surface area contributed by atoms with Crippen LogP contribution in [0, 0.1) is 5.92 Å². The number of nitrogens with zero attached hydrogens (tertiary/aromatic N) is 1. The lowest BCUT2D eigenvalue weighted by Gasteiger charge is -2.31. The van der Waals surface area contributed by atoms with E-state index in [0.717, 1.165) is 0 Å². The Morgan fingerprint density at radius 1 is 0.861 bits per heavy atom. The Hall–Kier alpha value is -4.33. The van der Waals surface area contributed by atoms with Crippen molar-refractivity contribution >= 4 is 29.1 Å². The molecule has 0 spiro atoms. The molecule has 36 heavy (non-hydrogen) atoms. The maximum atomic E-state index is 12.8. The van der Waals surface area contributed by atoms with Gasteiger partial charge in [-0.25, -0.2) is 0 Å². The first-order valence-electron chi connectivity index (χ1n) is 11.8. The Labute approximate surface area is 210 Å². The fourth-order valence-electron chi connectivity index (χ4n) is 4.04. The zero-order chi connectivity index (χ0) is 25.3. The molecule has 0 atom stereocenters. The van der Waals surface area contributed by atoms with Gasteiger partial charge in [0, 0.05) is 30.3 Å². The van der Waals surface area contributed by atoms with Crippen LogP contribution < -0.4 is 20.1 Å². The number of likely N-dealkylation sites (tertiary alicyclic amines) is 1. The molecule has 2 N–H and O–H groups in total. The van der Waals surface area contributed by atoms with Crippen LogP contribution in [0.5, 0.6) is 11.5 Å². The zero-order valence-electron chi connectivity index (χ0n) is 20.1. The molecular weight excluding hydrogens is 458 g/mol. The number of benzene rings is 3. The van der Waals surface area contributed by atoms with E-state index in [9.17, 15) is 14.4 Å². The fourth-order valence-corrected chi connectivity index (χ4v) is 4.04. The first-order valence-corrected chi connectivity index (χ1v) is 11.8. The molecule has 1 aliphatic rings. The molecule has 4 rings (SSSR count). The van der Waals surface area contributed by atoms with Crippen molar-refractivity contribution in [3.05, 3.63) is 84.4 Å². The fraction of sp³-hybridized carbons (Fsp3) is 0.250. The number of carbonyl (C=O) groups is 3. The van der Waals surface area contributed by atoms with Crippen LogP contribution >= 0.6 is 0 Å². The number of hydrogen-bond acceptors (Lipinski definition) is 5. The summed E-state index contributed by atoms with van der Waals surface area (Å²) in [6.07, 6.45) is 1.17. The van der Waals surface area contributed by atoms with Gasteiger partial charge in [0.05, 0.1) is 12.8 Å². The summed E-state index contributed by atoms with van der Waals surface area (Å²) in [6, 6.07) is 23.1. The molecular formula is C28H29N3O5. The summed E-state index contributed by atoms with van der Waals surface area (Å²) in [5, 5.41) is 5.75. The molecule has 0 aromatic heterocycles. The van der Waals surface area contributed by atoms with Crippen molar-refractivity contribution < 1.29 is 23.9 Å². The number of ether oxygens (including phenoxy) is 2. The SMILES string of the molecule is COc1ccccc1NC(=O)c1ccc(NC(=O)C2CCN(C(=O)COc3ccccc3)CC2)cc1. The summed E-state index contributed by atoms with van der Waals surface area (Å²) in [6.45, 7) is 1.01. The van der Waals surface area contributed by atoms with Crippen molar-refractivity contribution in [2.24, 2.45) is 5.92 Å². The number of carbonyl (C=O) groups excluding carboxylic acids is 3. The Morgan fingerprint density at radius 3 is 2.22 bits per heavy atom. The number of rotatable bonds is 8. The van der Waals surface area contributed by atoms with Crippen LogP contribution in [0.15, 0.2) is 78.9 Å². The second-order valence-electron chi connectivity index (χ2n) is 8.48. The Bertz CT molecular complexity index is 1190. The molecule has 186 valence electrons. The van der Waals surface area contributed by atoms with Crippen molar-refractivity contribution in [1.82, 2.24) is 4.90 Å². The van der Waals surface area contributed by atoms with Gasteiger partial charge in [-0.15, -0.1) is 0 Å². The molecule has 0 saturated carbocycles. The average molecular weight is 488 g/mol. The third-order valence-electron chi connectivity index (χ3n) is 6.09. The number of hydrogen-bond donors (Lipinski definition) is 2. The van der Waals surface area contributed by atoms with Gasteiger partial charge < -0.3 is 25.0 Å². The summed E-state index contributed by atoms with van der Waals surface area (Å²) in [4.78, 5) is 39.5. The molecule has 3 amide bonds. The van der Waals surface area contributed by atoms with Gasteiger partial charge in [0.25, 0.3) is 11.8 Å². The van der Waals surface area contributed by atoms with E-state index in [0.29, 0.717) is 54.4 Å². The highest BCUT2D eigenvalue weighted by molar-refractivity contribution is 6.05. The lowest BCUT2D eigenvalue weighted by molar-refractivity contribution is -0.136. The third-order valence-corrected chi connectivity index (χ3v) is 6.09. The van der Waals surface area contributed by atoms with Gasteiger partial charge in [-0.3, -0.25) is 14.4 Å². The van der Waals surface area contributed by atoms with Gasteiger partial charge in [0.1, 0.15) is 11.5 Å². The van der Waals surface area contributed by atoms with Gasteiger partial charge >= 0.3 is 0 Å². The average Bonchev–Trinajstić information content (AvgIpc) is 2.93. The smallest absolute Gasteiger partial charge is 0.260 e. The lowest BCUT2D eigenvalue weighted by atomic mass is 9.95. The summed E-state index contributed by atoms with van der Waals surface area (Å²) in [5.74, 6) is 0.603. The number of methoxy groups -OCH3 is 1. The number of anilines is 2. The van der Waals surface area contributed by atoms with E-state index in [1.54, 1.807) is 48.4 Å². The highest BCUT2D eigenvalue weighted by atomic mass is 16.5. The van der Waals surface area contributed by atoms with E-state index in [-0.39, 0.29) is 30.2 Å².